The molecular weight excluding hydrogens is 232 g/mol. The van der Waals surface area contributed by atoms with E-state index in [2.05, 4.69) is 23.3 Å². The lowest BCUT2D eigenvalue weighted by Crippen LogP contribution is -2.37. The lowest BCUT2D eigenvalue weighted by molar-refractivity contribution is -0.120. The van der Waals surface area contributed by atoms with Crippen LogP contribution in [-0.4, -0.2) is 19.0 Å². The number of carbonyl (C=O) groups is 1. The molecule has 92 valence electrons. The van der Waals surface area contributed by atoms with Crippen molar-refractivity contribution in [2.45, 2.75) is 18.6 Å². The molecule has 0 aromatic heterocycles. The van der Waals surface area contributed by atoms with E-state index in [1.165, 1.54) is 0 Å². The number of benzene rings is 1. The summed E-state index contributed by atoms with van der Waals surface area (Å²) in [5, 5.41) is 6.22. The number of nitrogens with one attached hydrogen (secondary N) is 2. The highest BCUT2D eigenvalue weighted by molar-refractivity contribution is 7.79. The number of amides is 1. The normalized spacial score (nSPS) is 19.9. The molecule has 0 aliphatic carbocycles. The summed E-state index contributed by atoms with van der Waals surface area (Å²) < 4.78 is 0. The van der Waals surface area contributed by atoms with Gasteiger partial charge in [-0.3, -0.25) is 4.79 Å². The summed E-state index contributed by atoms with van der Waals surface area (Å²) in [6.45, 7) is 1.82. The van der Waals surface area contributed by atoms with Gasteiger partial charge in [0.05, 0.1) is 5.92 Å². The Labute approximate surface area is 107 Å². The molecule has 1 unspecified atom stereocenters. The third-order valence-electron chi connectivity index (χ3n) is 3.04. The van der Waals surface area contributed by atoms with Gasteiger partial charge >= 0.3 is 0 Å². The molecule has 1 fully saturated rings. The second-order valence-electron chi connectivity index (χ2n) is 4.39. The molecular formula is C13H18N2OS. The van der Waals surface area contributed by atoms with Crippen LogP contribution in [0.2, 0.25) is 0 Å². The Balaban J connectivity index is 1.96. The highest BCUT2D eigenvalue weighted by Gasteiger charge is 2.20. The van der Waals surface area contributed by atoms with Crippen LogP contribution in [0.5, 0.6) is 0 Å². The van der Waals surface area contributed by atoms with Gasteiger partial charge in [-0.2, -0.15) is 12.6 Å². The fraction of sp³-hybridized carbons (Fsp3) is 0.462. The van der Waals surface area contributed by atoms with E-state index >= 15 is 0 Å². The van der Waals surface area contributed by atoms with Crippen LogP contribution in [0.4, 0.5) is 5.69 Å². The first kappa shape index (κ1) is 12.5. The Bertz CT molecular complexity index is 389. The summed E-state index contributed by atoms with van der Waals surface area (Å²) >= 11 is 4.23. The van der Waals surface area contributed by atoms with Crippen LogP contribution in [0.25, 0.3) is 0 Å². The number of carbonyl (C=O) groups excluding carboxylic acids is 1. The lowest BCUT2D eigenvalue weighted by Gasteiger charge is -2.21. The summed E-state index contributed by atoms with van der Waals surface area (Å²) in [4.78, 5) is 12.0. The van der Waals surface area contributed by atoms with E-state index < -0.39 is 0 Å². The molecule has 1 heterocycles. The summed E-state index contributed by atoms with van der Waals surface area (Å²) in [5.74, 6) is 0.909. The topological polar surface area (TPSA) is 41.1 Å². The molecule has 0 saturated carbocycles. The smallest absolute Gasteiger partial charge is 0.228 e. The Morgan fingerprint density at radius 3 is 3.12 bits per heavy atom. The highest BCUT2D eigenvalue weighted by Crippen LogP contribution is 2.16. The quantitative estimate of drug-likeness (QED) is 0.719. The fourth-order valence-electron chi connectivity index (χ4n) is 2.07. The Hall–Kier alpha value is -1.00. The van der Waals surface area contributed by atoms with E-state index in [0.29, 0.717) is 5.75 Å². The number of hydrogen-bond acceptors (Lipinski definition) is 3. The molecule has 1 aliphatic rings. The lowest BCUT2D eigenvalue weighted by atomic mass is 9.99. The van der Waals surface area contributed by atoms with Gasteiger partial charge in [0.25, 0.3) is 0 Å². The number of rotatable bonds is 3. The van der Waals surface area contributed by atoms with Crippen molar-refractivity contribution in [3.63, 3.8) is 0 Å². The van der Waals surface area contributed by atoms with Crippen molar-refractivity contribution in [2.75, 3.05) is 18.4 Å². The van der Waals surface area contributed by atoms with E-state index in [9.17, 15) is 4.79 Å². The molecule has 0 bridgehead atoms. The molecule has 1 aromatic rings. The van der Waals surface area contributed by atoms with E-state index in [1.807, 2.05) is 24.3 Å². The molecule has 4 heteroatoms. The maximum atomic E-state index is 12.0. The van der Waals surface area contributed by atoms with Crippen molar-refractivity contribution in [2.24, 2.45) is 5.92 Å². The van der Waals surface area contributed by atoms with Gasteiger partial charge in [0.1, 0.15) is 0 Å². The van der Waals surface area contributed by atoms with Gasteiger partial charge in [-0.15, -0.1) is 0 Å². The van der Waals surface area contributed by atoms with Gasteiger partial charge in [-0.05, 0) is 37.1 Å². The zero-order valence-corrected chi connectivity index (χ0v) is 10.7. The predicted octanol–water partition coefficient (Wildman–Crippen LogP) is 2.05. The summed E-state index contributed by atoms with van der Waals surface area (Å²) in [5.41, 5.74) is 1.99. The summed E-state index contributed by atoms with van der Waals surface area (Å²) in [6.07, 6.45) is 2.06. The molecule has 1 aliphatic heterocycles. The summed E-state index contributed by atoms with van der Waals surface area (Å²) in [6, 6.07) is 7.84. The van der Waals surface area contributed by atoms with Crippen LogP contribution < -0.4 is 10.6 Å². The first-order chi connectivity index (χ1) is 8.29. The van der Waals surface area contributed by atoms with Crippen LogP contribution >= 0.6 is 12.6 Å². The monoisotopic (exact) mass is 250 g/mol. The van der Waals surface area contributed by atoms with E-state index in [-0.39, 0.29) is 11.8 Å². The maximum absolute atomic E-state index is 12.0. The SMILES string of the molecule is O=C(Nc1cccc(CS)c1)C1CCCNC1. The van der Waals surface area contributed by atoms with Gasteiger partial charge in [0.15, 0.2) is 0 Å². The van der Waals surface area contributed by atoms with Crippen molar-refractivity contribution in [3.8, 4) is 0 Å². The van der Waals surface area contributed by atoms with Crippen LogP contribution in [0, 0.1) is 5.92 Å². The minimum Gasteiger partial charge on any atom is -0.326 e. The molecule has 1 aromatic carbocycles. The molecule has 1 saturated heterocycles. The summed E-state index contributed by atoms with van der Waals surface area (Å²) in [7, 11) is 0. The third kappa shape index (κ3) is 3.48. The molecule has 2 N–H and O–H groups in total. The van der Waals surface area contributed by atoms with Gasteiger partial charge in [0, 0.05) is 18.0 Å². The van der Waals surface area contributed by atoms with Gasteiger partial charge in [-0.25, -0.2) is 0 Å². The largest absolute Gasteiger partial charge is 0.326 e. The van der Waals surface area contributed by atoms with E-state index in [0.717, 1.165) is 37.2 Å². The van der Waals surface area contributed by atoms with Crippen LogP contribution in [0.1, 0.15) is 18.4 Å². The standard InChI is InChI=1S/C13H18N2OS/c16-13(11-4-2-6-14-8-11)15-12-5-1-3-10(7-12)9-17/h1,3,5,7,11,14,17H,2,4,6,8-9H2,(H,15,16). The van der Waals surface area contributed by atoms with Crippen molar-refractivity contribution in [1.29, 1.82) is 0 Å². The number of piperidine rings is 1. The molecule has 17 heavy (non-hydrogen) atoms. The van der Waals surface area contributed by atoms with Crippen molar-refractivity contribution >= 4 is 24.2 Å². The Kier molecular flexibility index (Phi) is 4.45. The Morgan fingerprint density at radius 2 is 2.41 bits per heavy atom. The zero-order valence-electron chi connectivity index (χ0n) is 9.78. The molecule has 0 radical (unpaired) electrons. The van der Waals surface area contributed by atoms with Gasteiger partial charge in [-0.1, -0.05) is 12.1 Å². The third-order valence-corrected chi connectivity index (χ3v) is 3.41. The first-order valence-electron chi connectivity index (χ1n) is 6.01. The average Bonchev–Trinajstić information content (AvgIpc) is 2.40. The first-order valence-corrected chi connectivity index (χ1v) is 6.64. The fourth-order valence-corrected chi connectivity index (χ4v) is 2.26. The molecule has 3 nitrogen and oxygen atoms in total. The van der Waals surface area contributed by atoms with Crippen molar-refractivity contribution in [3.05, 3.63) is 29.8 Å². The van der Waals surface area contributed by atoms with E-state index in [4.69, 9.17) is 0 Å². The highest BCUT2D eigenvalue weighted by atomic mass is 32.1. The molecule has 1 atom stereocenters. The van der Waals surface area contributed by atoms with Crippen molar-refractivity contribution < 1.29 is 4.79 Å². The average molecular weight is 250 g/mol. The second kappa shape index (κ2) is 6.07. The van der Waals surface area contributed by atoms with Gasteiger partial charge in [0.2, 0.25) is 5.91 Å². The second-order valence-corrected chi connectivity index (χ2v) is 4.71. The maximum Gasteiger partial charge on any atom is 0.228 e. The number of hydrogen-bond donors (Lipinski definition) is 3. The van der Waals surface area contributed by atoms with E-state index in [1.54, 1.807) is 0 Å². The number of thiol groups is 1. The van der Waals surface area contributed by atoms with Crippen LogP contribution in [-0.2, 0) is 10.5 Å². The molecule has 1 amide bonds. The number of anilines is 1. The predicted molar refractivity (Wildman–Crippen MR) is 73.4 cm³/mol. The Morgan fingerprint density at radius 1 is 1.53 bits per heavy atom. The van der Waals surface area contributed by atoms with Crippen LogP contribution in [0.15, 0.2) is 24.3 Å². The minimum atomic E-state index is 0.100. The van der Waals surface area contributed by atoms with Crippen LogP contribution in [0.3, 0.4) is 0 Å². The molecule has 0 spiro atoms. The van der Waals surface area contributed by atoms with Gasteiger partial charge < -0.3 is 10.6 Å². The van der Waals surface area contributed by atoms with Crippen molar-refractivity contribution in [1.82, 2.24) is 5.32 Å². The zero-order chi connectivity index (χ0) is 12.1. The molecule has 2 rings (SSSR count). The minimum absolute atomic E-state index is 0.100.